The number of Topliss-reactive ketones (excluding diaryl/α,β-unsaturated/α-hetero) is 1. The van der Waals surface area contributed by atoms with E-state index in [0.29, 0.717) is 17.9 Å². The lowest BCUT2D eigenvalue weighted by Crippen LogP contribution is -2.60. The molecule has 3 atom stereocenters. The van der Waals surface area contributed by atoms with E-state index in [-0.39, 0.29) is 36.2 Å². The number of benzene rings is 2. The van der Waals surface area contributed by atoms with Crippen molar-refractivity contribution in [1.29, 1.82) is 0 Å². The molecule has 2 aromatic carbocycles. The molecule has 3 unspecified atom stereocenters. The lowest BCUT2D eigenvalue weighted by molar-refractivity contribution is -0.131. The second-order valence-corrected chi connectivity index (χ2v) is 8.77. The van der Waals surface area contributed by atoms with Crippen molar-refractivity contribution >= 4 is 29.2 Å². The number of halogens is 3. The SMILES string of the molecule is O=C(NC(Cc1ccc(Cl)cc1)C(=O)NC12CCCC1OCC2=O)c1ccc(OC(F)F)cc1. The molecule has 2 aliphatic rings. The number of ether oxygens (including phenoxy) is 2. The number of hydrogen-bond donors (Lipinski definition) is 2. The quantitative estimate of drug-likeness (QED) is 0.590. The third-order valence-corrected chi connectivity index (χ3v) is 6.42. The van der Waals surface area contributed by atoms with Crippen LogP contribution >= 0.6 is 11.6 Å². The zero-order valence-corrected chi connectivity index (χ0v) is 18.8. The molecule has 7 nitrogen and oxygen atoms in total. The van der Waals surface area contributed by atoms with Crippen molar-refractivity contribution in [3.8, 4) is 5.75 Å². The zero-order chi connectivity index (χ0) is 24.3. The normalized spacial score (nSPS) is 22.4. The number of ketones is 1. The molecule has 1 saturated carbocycles. The second kappa shape index (κ2) is 10.1. The zero-order valence-electron chi connectivity index (χ0n) is 18.1. The highest BCUT2D eigenvalue weighted by molar-refractivity contribution is 6.30. The summed E-state index contributed by atoms with van der Waals surface area (Å²) in [5.74, 6) is -1.35. The molecule has 34 heavy (non-hydrogen) atoms. The third-order valence-electron chi connectivity index (χ3n) is 6.16. The molecule has 0 bridgehead atoms. The van der Waals surface area contributed by atoms with Gasteiger partial charge in [0, 0.05) is 17.0 Å². The van der Waals surface area contributed by atoms with Crippen LogP contribution in [0.3, 0.4) is 0 Å². The monoisotopic (exact) mass is 492 g/mol. The van der Waals surface area contributed by atoms with E-state index < -0.39 is 30.0 Å². The molecule has 0 radical (unpaired) electrons. The summed E-state index contributed by atoms with van der Waals surface area (Å²) in [5, 5.41) is 6.09. The minimum absolute atomic E-state index is 0.0494. The molecular formula is C24H23ClF2N2O5. The first-order chi connectivity index (χ1) is 16.3. The van der Waals surface area contributed by atoms with Crippen LogP contribution in [0, 0.1) is 0 Å². The van der Waals surface area contributed by atoms with Crippen LogP contribution in [0.5, 0.6) is 5.75 Å². The lowest BCUT2D eigenvalue weighted by Gasteiger charge is -2.30. The van der Waals surface area contributed by atoms with Crippen LogP contribution in [0.15, 0.2) is 48.5 Å². The first kappa shape index (κ1) is 24.1. The Morgan fingerprint density at radius 2 is 1.85 bits per heavy atom. The Balaban J connectivity index is 1.52. The second-order valence-electron chi connectivity index (χ2n) is 8.34. The van der Waals surface area contributed by atoms with E-state index in [4.69, 9.17) is 16.3 Å². The van der Waals surface area contributed by atoms with E-state index in [9.17, 15) is 23.2 Å². The maximum absolute atomic E-state index is 13.3. The number of alkyl halides is 2. The van der Waals surface area contributed by atoms with Crippen LogP contribution in [-0.4, -0.2) is 48.5 Å². The fourth-order valence-electron chi connectivity index (χ4n) is 4.44. The Hall–Kier alpha value is -3.04. The van der Waals surface area contributed by atoms with Gasteiger partial charge in [-0.3, -0.25) is 14.4 Å². The predicted molar refractivity (Wildman–Crippen MR) is 119 cm³/mol. The number of carbonyl (C=O) groups excluding carboxylic acids is 3. The summed E-state index contributed by atoms with van der Waals surface area (Å²) in [7, 11) is 0. The molecule has 2 fully saturated rings. The van der Waals surface area contributed by atoms with E-state index >= 15 is 0 Å². The van der Waals surface area contributed by atoms with E-state index in [1.807, 2.05) is 0 Å². The van der Waals surface area contributed by atoms with Crippen LogP contribution < -0.4 is 15.4 Å². The van der Waals surface area contributed by atoms with Gasteiger partial charge in [0.25, 0.3) is 5.91 Å². The van der Waals surface area contributed by atoms with Gasteiger partial charge in [0.05, 0.1) is 6.10 Å². The number of nitrogens with one attached hydrogen (secondary N) is 2. The Bertz CT molecular complexity index is 1060. The molecule has 1 aliphatic heterocycles. The van der Waals surface area contributed by atoms with Crippen molar-refractivity contribution in [2.24, 2.45) is 0 Å². The van der Waals surface area contributed by atoms with Gasteiger partial charge in [0.1, 0.15) is 23.9 Å². The minimum atomic E-state index is -2.98. The Kier molecular flexibility index (Phi) is 7.13. The average molecular weight is 493 g/mol. The fraction of sp³-hybridized carbons (Fsp3) is 0.375. The van der Waals surface area contributed by atoms with Gasteiger partial charge in [-0.25, -0.2) is 0 Å². The summed E-state index contributed by atoms with van der Waals surface area (Å²) >= 11 is 5.95. The number of carbonyl (C=O) groups is 3. The molecule has 0 spiro atoms. The number of fused-ring (bicyclic) bond motifs is 1. The molecule has 1 saturated heterocycles. The lowest BCUT2D eigenvalue weighted by atomic mass is 9.91. The van der Waals surface area contributed by atoms with Crippen LogP contribution in [0.4, 0.5) is 8.78 Å². The van der Waals surface area contributed by atoms with Crippen LogP contribution in [0.25, 0.3) is 0 Å². The van der Waals surface area contributed by atoms with Crippen molar-refractivity contribution in [2.75, 3.05) is 6.61 Å². The number of amides is 2. The highest BCUT2D eigenvalue weighted by Gasteiger charge is 2.55. The molecule has 4 rings (SSSR count). The number of rotatable bonds is 8. The van der Waals surface area contributed by atoms with Gasteiger partial charge in [-0.2, -0.15) is 8.78 Å². The van der Waals surface area contributed by atoms with E-state index in [1.54, 1.807) is 24.3 Å². The largest absolute Gasteiger partial charge is 0.435 e. The van der Waals surface area contributed by atoms with Gasteiger partial charge in [-0.05, 0) is 61.2 Å². The first-order valence-electron chi connectivity index (χ1n) is 10.8. The standard InChI is InChI=1S/C24H23ClF2N2O5/c25-16-7-3-14(4-8-16)12-18(22(32)29-24-11-1-2-20(24)33-13-19(24)30)28-21(31)15-5-9-17(10-6-15)34-23(26)27/h3-10,18,20,23H,1-2,11-13H2,(H,28,31)(H,29,32). The molecule has 1 heterocycles. The van der Waals surface area contributed by atoms with Crippen molar-refractivity contribution in [3.05, 3.63) is 64.7 Å². The molecule has 0 aromatic heterocycles. The predicted octanol–water partition coefficient (Wildman–Crippen LogP) is 3.29. The van der Waals surface area contributed by atoms with Gasteiger partial charge in [0.15, 0.2) is 5.78 Å². The van der Waals surface area contributed by atoms with E-state index in [0.717, 1.165) is 12.0 Å². The molecular weight excluding hydrogens is 470 g/mol. The summed E-state index contributed by atoms with van der Waals surface area (Å²) in [4.78, 5) is 38.8. The van der Waals surface area contributed by atoms with Gasteiger partial charge < -0.3 is 20.1 Å². The number of hydrogen-bond acceptors (Lipinski definition) is 5. The first-order valence-corrected chi connectivity index (χ1v) is 11.2. The van der Waals surface area contributed by atoms with Gasteiger partial charge in [0.2, 0.25) is 5.91 Å². The Morgan fingerprint density at radius 1 is 1.15 bits per heavy atom. The van der Waals surface area contributed by atoms with Crippen molar-refractivity contribution in [1.82, 2.24) is 10.6 Å². The smallest absolute Gasteiger partial charge is 0.387 e. The molecule has 1 aliphatic carbocycles. The highest BCUT2D eigenvalue weighted by Crippen LogP contribution is 2.37. The van der Waals surface area contributed by atoms with Crippen molar-refractivity contribution < 1.29 is 32.6 Å². The molecule has 180 valence electrons. The summed E-state index contributed by atoms with van der Waals surface area (Å²) < 4.78 is 34.6. The Morgan fingerprint density at radius 3 is 2.53 bits per heavy atom. The van der Waals surface area contributed by atoms with Crippen molar-refractivity contribution in [3.63, 3.8) is 0 Å². The molecule has 2 aromatic rings. The van der Waals surface area contributed by atoms with Gasteiger partial charge in [-0.1, -0.05) is 23.7 Å². The molecule has 2 N–H and O–H groups in total. The van der Waals surface area contributed by atoms with Crippen LogP contribution in [0.1, 0.15) is 35.2 Å². The maximum atomic E-state index is 13.3. The van der Waals surface area contributed by atoms with E-state index in [1.165, 1.54) is 24.3 Å². The summed E-state index contributed by atoms with van der Waals surface area (Å²) in [6, 6.07) is 11.0. The van der Waals surface area contributed by atoms with Crippen LogP contribution in [-0.2, 0) is 20.7 Å². The highest BCUT2D eigenvalue weighted by atomic mass is 35.5. The fourth-order valence-corrected chi connectivity index (χ4v) is 4.56. The minimum Gasteiger partial charge on any atom is -0.435 e. The maximum Gasteiger partial charge on any atom is 0.387 e. The Labute approximate surface area is 199 Å². The topological polar surface area (TPSA) is 93.7 Å². The summed E-state index contributed by atoms with van der Waals surface area (Å²) in [5.41, 5.74) is -0.165. The van der Waals surface area contributed by atoms with E-state index in [2.05, 4.69) is 15.4 Å². The summed E-state index contributed by atoms with van der Waals surface area (Å²) in [6.45, 7) is -3.03. The van der Waals surface area contributed by atoms with Crippen LogP contribution in [0.2, 0.25) is 5.02 Å². The average Bonchev–Trinajstić information content (AvgIpc) is 3.34. The summed E-state index contributed by atoms with van der Waals surface area (Å²) in [6.07, 6.45) is 1.68. The van der Waals surface area contributed by atoms with Gasteiger partial charge >= 0.3 is 6.61 Å². The van der Waals surface area contributed by atoms with Gasteiger partial charge in [-0.15, -0.1) is 0 Å². The third kappa shape index (κ3) is 5.20. The molecule has 2 amide bonds. The molecule has 10 heteroatoms. The van der Waals surface area contributed by atoms with Crippen molar-refractivity contribution in [2.45, 2.75) is 50.0 Å².